The van der Waals surface area contributed by atoms with Crippen LogP contribution in [-0.2, 0) is 0 Å². The maximum absolute atomic E-state index is 5.44. The fraction of sp³-hybridized carbons (Fsp3) is 0.0909. The highest BCUT2D eigenvalue weighted by atomic mass is 32.1. The summed E-state index contributed by atoms with van der Waals surface area (Å²) < 4.78 is 5.29. The average Bonchev–Trinajstić information content (AvgIpc) is 2.66. The molecule has 0 radical (unpaired) electrons. The van der Waals surface area contributed by atoms with Crippen LogP contribution < -0.4 is 5.73 Å². The number of nitrogens with two attached hydrogens (primary N) is 1. The van der Waals surface area contributed by atoms with E-state index in [9.17, 15) is 0 Å². The molecule has 0 bridgehead atoms. The van der Waals surface area contributed by atoms with Gasteiger partial charge in [-0.3, -0.25) is 0 Å². The third-order valence-corrected chi connectivity index (χ3v) is 2.23. The van der Waals surface area contributed by atoms with E-state index in [0.29, 0.717) is 11.6 Å². The van der Waals surface area contributed by atoms with E-state index in [2.05, 4.69) is 4.98 Å². The minimum absolute atomic E-state index is 0.248. The number of benzene rings is 1. The molecule has 1 aromatic carbocycles. The predicted molar refractivity (Wildman–Crippen MR) is 62.6 cm³/mol. The first kappa shape index (κ1) is 9.86. The molecule has 0 saturated carbocycles. The second-order valence-electron chi connectivity index (χ2n) is 3.27. The summed E-state index contributed by atoms with van der Waals surface area (Å²) in [7, 11) is 0. The summed E-state index contributed by atoms with van der Waals surface area (Å²) in [5.74, 6) is 0.543. The quantitative estimate of drug-likeness (QED) is 0.786. The summed E-state index contributed by atoms with van der Waals surface area (Å²) in [5.41, 5.74) is 8.04. The van der Waals surface area contributed by atoms with Gasteiger partial charge in [-0.1, -0.05) is 29.9 Å². The topological polar surface area (TPSA) is 52.0 Å². The predicted octanol–water partition coefficient (Wildman–Crippen LogP) is 2.28. The van der Waals surface area contributed by atoms with E-state index >= 15 is 0 Å². The van der Waals surface area contributed by atoms with Gasteiger partial charge in [0.1, 0.15) is 16.9 Å². The lowest BCUT2D eigenvalue weighted by Crippen LogP contribution is -2.09. The van der Waals surface area contributed by atoms with E-state index in [0.717, 1.165) is 11.1 Å². The van der Waals surface area contributed by atoms with Crippen molar-refractivity contribution in [2.45, 2.75) is 6.92 Å². The SMILES string of the molecule is Cc1cccc(-c2nc(C(N)=S)co2)c1. The minimum atomic E-state index is 0.248. The van der Waals surface area contributed by atoms with Gasteiger partial charge in [0, 0.05) is 5.56 Å². The van der Waals surface area contributed by atoms with Gasteiger partial charge in [-0.25, -0.2) is 4.98 Å². The Labute approximate surface area is 92.9 Å². The van der Waals surface area contributed by atoms with Crippen molar-refractivity contribution in [3.63, 3.8) is 0 Å². The van der Waals surface area contributed by atoms with E-state index < -0.39 is 0 Å². The van der Waals surface area contributed by atoms with E-state index in [-0.39, 0.29) is 4.99 Å². The molecule has 3 nitrogen and oxygen atoms in total. The van der Waals surface area contributed by atoms with Crippen LogP contribution in [-0.4, -0.2) is 9.97 Å². The number of hydrogen-bond donors (Lipinski definition) is 1. The first-order valence-corrected chi connectivity index (χ1v) is 4.90. The molecular formula is C11H10N2OS. The number of aryl methyl sites for hydroxylation is 1. The molecular weight excluding hydrogens is 208 g/mol. The molecule has 0 fully saturated rings. The molecule has 0 spiro atoms. The monoisotopic (exact) mass is 218 g/mol. The van der Waals surface area contributed by atoms with Gasteiger partial charge in [0.2, 0.25) is 5.89 Å². The van der Waals surface area contributed by atoms with Crippen LogP contribution in [0.5, 0.6) is 0 Å². The number of nitrogens with zero attached hydrogens (tertiary/aromatic N) is 1. The molecule has 0 aliphatic heterocycles. The summed E-state index contributed by atoms with van der Waals surface area (Å²) in [6, 6.07) is 7.90. The van der Waals surface area contributed by atoms with E-state index in [1.807, 2.05) is 31.2 Å². The van der Waals surface area contributed by atoms with Crippen molar-refractivity contribution in [2.75, 3.05) is 0 Å². The van der Waals surface area contributed by atoms with Crippen molar-refractivity contribution in [2.24, 2.45) is 5.73 Å². The number of oxazole rings is 1. The highest BCUT2D eigenvalue weighted by Crippen LogP contribution is 2.19. The molecule has 0 atom stereocenters. The number of hydrogen-bond acceptors (Lipinski definition) is 3. The molecule has 2 aromatic rings. The molecule has 0 aliphatic rings. The van der Waals surface area contributed by atoms with Crippen LogP contribution in [0.3, 0.4) is 0 Å². The zero-order valence-corrected chi connectivity index (χ0v) is 9.04. The lowest BCUT2D eigenvalue weighted by molar-refractivity contribution is 0.574. The van der Waals surface area contributed by atoms with Crippen molar-refractivity contribution < 1.29 is 4.42 Å². The van der Waals surface area contributed by atoms with Gasteiger partial charge < -0.3 is 10.2 Å². The van der Waals surface area contributed by atoms with Crippen LogP contribution in [0.4, 0.5) is 0 Å². The van der Waals surface area contributed by atoms with Gasteiger partial charge in [-0.2, -0.15) is 0 Å². The minimum Gasteiger partial charge on any atom is -0.444 e. The molecule has 0 amide bonds. The van der Waals surface area contributed by atoms with Crippen molar-refractivity contribution >= 4 is 17.2 Å². The molecule has 2 rings (SSSR count). The molecule has 4 heteroatoms. The van der Waals surface area contributed by atoms with Crippen molar-refractivity contribution in [1.29, 1.82) is 0 Å². The highest BCUT2D eigenvalue weighted by molar-refractivity contribution is 7.80. The molecule has 76 valence electrons. The maximum Gasteiger partial charge on any atom is 0.226 e. The first-order chi connectivity index (χ1) is 7.16. The summed E-state index contributed by atoms with van der Waals surface area (Å²) in [4.78, 5) is 4.44. The summed E-state index contributed by atoms with van der Waals surface area (Å²) in [5, 5.41) is 0. The standard InChI is InChI=1S/C11H10N2OS/c1-7-3-2-4-8(5-7)11-13-9(6-14-11)10(12)15/h2-6H,1H3,(H2,12,15). The van der Waals surface area contributed by atoms with Crippen molar-refractivity contribution in [3.8, 4) is 11.5 Å². The third kappa shape index (κ3) is 2.05. The van der Waals surface area contributed by atoms with Gasteiger partial charge in [-0.05, 0) is 19.1 Å². The molecule has 15 heavy (non-hydrogen) atoms. The molecule has 1 heterocycles. The molecule has 0 aliphatic carbocycles. The lowest BCUT2D eigenvalue weighted by Gasteiger charge is -1.96. The second kappa shape index (κ2) is 3.82. The van der Waals surface area contributed by atoms with E-state index in [4.69, 9.17) is 22.4 Å². The third-order valence-electron chi connectivity index (χ3n) is 2.02. The maximum atomic E-state index is 5.44. The van der Waals surface area contributed by atoms with E-state index in [1.165, 1.54) is 6.26 Å². The zero-order valence-electron chi connectivity index (χ0n) is 8.23. The second-order valence-corrected chi connectivity index (χ2v) is 3.71. The molecule has 0 saturated heterocycles. The van der Waals surface area contributed by atoms with Crippen molar-refractivity contribution in [1.82, 2.24) is 4.98 Å². The zero-order chi connectivity index (χ0) is 10.8. The molecule has 2 N–H and O–H groups in total. The fourth-order valence-electron chi connectivity index (χ4n) is 1.30. The Kier molecular flexibility index (Phi) is 2.51. The Morgan fingerprint density at radius 2 is 2.27 bits per heavy atom. The summed E-state index contributed by atoms with van der Waals surface area (Å²) >= 11 is 4.81. The van der Waals surface area contributed by atoms with Gasteiger partial charge in [-0.15, -0.1) is 0 Å². The van der Waals surface area contributed by atoms with Crippen LogP contribution in [0.2, 0.25) is 0 Å². The Morgan fingerprint density at radius 1 is 1.47 bits per heavy atom. The molecule has 1 aromatic heterocycles. The average molecular weight is 218 g/mol. The Hall–Kier alpha value is -1.68. The smallest absolute Gasteiger partial charge is 0.226 e. The Bertz CT molecular complexity index is 505. The summed E-state index contributed by atoms with van der Waals surface area (Å²) in [6.07, 6.45) is 1.47. The number of rotatable bonds is 2. The van der Waals surface area contributed by atoms with Gasteiger partial charge >= 0.3 is 0 Å². The summed E-state index contributed by atoms with van der Waals surface area (Å²) in [6.45, 7) is 2.01. The lowest BCUT2D eigenvalue weighted by atomic mass is 10.1. The Morgan fingerprint density at radius 3 is 2.87 bits per heavy atom. The highest BCUT2D eigenvalue weighted by Gasteiger charge is 2.07. The number of aromatic nitrogens is 1. The van der Waals surface area contributed by atoms with Crippen molar-refractivity contribution in [3.05, 3.63) is 41.8 Å². The van der Waals surface area contributed by atoms with Gasteiger partial charge in [0.05, 0.1) is 0 Å². The normalized spacial score (nSPS) is 10.2. The van der Waals surface area contributed by atoms with Crippen LogP contribution in [0.15, 0.2) is 34.9 Å². The van der Waals surface area contributed by atoms with Crippen LogP contribution in [0, 0.1) is 6.92 Å². The van der Waals surface area contributed by atoms with Gasteiger partial charge in [0.25, 0.3) is 0 Å². The molecule has 0 unspecified atom stereocenters. The van der Waals surface area contributed by atoms with E-state index in [1.54, 1.807) is 0 Å². The largest absolute Gasteiger partial charge is 0.444 e. The number of thiocarbonyl (C=S) groups is 1. The van der Waals surface area contributed by atoms with Gasteiger partial charge in [0.15, 0.2) is 0 Å². The first-order valence-electron chi connectivity index (χ1n) is 4.49. The van der Waals surface area contributed by atoms with Crippen LogP contribution >= 0.6 is 12.2 Å². The fourth-order valence-corrected chi connectivity index (χ4v) is 1.39. The van der Waals surface area contributed by atoms with Crippen LogP contribution in [0.25, 0.3) is 11.5 Å². The Balaban J connectivity index is 2.41. The van der Waals surface area contributed by atoms with Crippen LogP contribution in [0.1, 0.15) is 11.3 Å².